The third kappa shape index (κ3) is 1.81. The highest BCUT2D eigenvalue weighted by molar-refractivity contribution is 5.78. The molecule has 0 N–H and O–H groups in total. The van der Waals surface area contributed by atoms with Crippen LogP contribution in [0.4, 0.5) is 0 Å². The molecule has 3 aromatic heterocycles. The largest absolute Gasteiger partial charge is 0.308 e. The summed E-state index contributed by atoms with van der Waals surface area (Å²) in [4.78, 5) is 21.0. The first kappa shape index (κ1) is 12.7. The molecule has 1 atom stereocenters. The van der Waals surface area contributed by atoms with E-state index in [0.29, 0.717) is 16.7 Å². The van der Waals surface area contributed by atoms with Gasteiger partial charge in [0.1, 0.15) is 6.33 Å². The fraction of sp³-hybridized carbons (Fsp3) is 0.125. The average molecular weight is 291 g/mol. The average Bonchev–Trinajstić information content (AvgIpc) is 3.04. The molecule has 108 valence electrons. The van der Waals surface area contributed by atoms with Gasteiger partial charge >= 0.3 is 0 Å². The van der Waals surface area contributed by atoms with Gasteiger partial charge in [-0.3, -0.25) is 4.79 Å². The summed E-state index contributed by atoms with van der Waals surface area (Å²) < 4.78 is 3.29. The lowest BCUT2D eigenvalue weighted by Crippen LogP contribution is -2.24. The molecular formula is C16H13N5O. The van der Waals surface area contributed by atoms with Crippen molar-refractivity contribution in [3.63, 3.8) is 0 Å². The molecule has 1 aromatic carbocycles. The zero-order chi connectivity index (χ0) is 15.1. The first-order valence-electron chi connectivity index (χ1n) is 7.00. The highest BCUT2D eigenvalue weighted by Crippen LogP contribution is 2.17. The molecule has 4 rings (SSSR count). The van der Waals surface area contributed by atoms with E-state index in [9.17, 15) is 4.79 Å². The second kappa shape index (κ2) is 4.77. The molecule has 4 aromatic rings. The number of rotatable bonds is 2. The van der Waals surface area contributed by atoms with Crippen molar-refractivity contribution in [2.24, 2.45) is 0 Å². The SMILES string of the molecule is C[C@H](c1ccccc1)n1ccc2c(cnc3ncnn32)c1=O. The summed E-state index contributed by atoms with van der Waals surface area (Å²) in [7, 11) is 0. The van der Waals surface area contributed by atoms with Crippen LogP contribution >= 0.6 is 0 Å². The van der Waals surface area contributed by atoms with Crippen LogP contribution in [-0.2, 0) is 0 Å². The molecule has 0 bridgehead atoms. The van der Waals surface area contributed by atoms with Crippen molar-refractivity contribution in [3.8, 4) is 0 Å². The number of aromatic nitrogens is 5. The van der Waals surface area contributed by atoms with E-state index >= 15 is 0 Å². The van der Waals surface area contributed by atoms with E-state index in [1.54, 1.807) is 21.5 Å². The number of hydrogen-bond acceptors (Lipinski definition) is 4. The first-order chi connectivity index (χ1) is 10.8. The predicted molar refractivity (Wildman–Crippen MR) is 82.8 cm³/mol. The van der Waals surface area contributed by atoms with Crippen LogP contribution in [0.3, 0.4) is 0 Å². The first-order valence-corrected chi connectivity index (χ1v) is 7.00. The van der Waals surface area contributed by atoms with Crippen LogP contribution in [0.1, 0.15) is 18.5 Å². The molecule has 0 aliphatic rings. The minimum atomic E-state index is -0.0845. The van der Waals surface area contributed by atoms with Gasteiger partial charge in [-0.15, -0.1) is 0 Å². The molecule has 6 heteroatoms. The van der Waals surface area contributed by atoms with Gasteiger partial charge in [-0.2, -0.15) is 14.6 Å². The van der Waals surface area contributed by atoms with Crippen LogP contribution in [0.2, 0.25) is 0 Å². The Labute approximate surface area is 125 Å². The standard InChI is InChI=1S/C16H13N5O/c1-11(12-5-3-2-4-6-12)20-8-7-14-13(15(20)22)9-17-16-18-10-19-21(14)16/h2-11H,1H3/t11-/m1/s1. The Morgan fingerprint density at radius 1 is 1.09 bits per heavy atom. The molecule has 0 aliphatic heterocycles. The van der Waals surface area contributed by atoms with Crippen molar-refractivity contribution in [1.82, 2.24) is 24.1 Å². The maximum atomic E-state index is 12.8. The number of fused-ring (bicyclic) bond motifs is 3. The van der Waals surface area contributed by atoms with E-state index in [2.05, 4.69) is 15.1 Å². The van der Waals surface area contributed by atoms with Crippen molar-refractivity contribution in [3.05, 3.63) is 71.0 Å². The summed E-state index contributed by atoms with van der Waals surface area (Å²) >= 11 is 0. The summed E-state index contributed by atoms with van der Waals surface area (Å²) in [5, 5.41) is 4.65. The van der Waals surface area contributed by atoms with Crippen LogP contribution in [-0.4, -0.2) is 24.1 Å². The second-order valence-corrected chi connectivity index (χ2v) is 5.14. The predicted octanol–water partition coefficient (Wildman–Crippen LogP) is 2.05. The van der Waals surface area contributed by atoms with E-state index in [-0.39, 0.29) is 11.6 Å². The van der Waals surface area contributed by atoms with E-state index in [4.69, 9.17) is 0 Å². The van der Waals surface area contributed by atoms with Gasteiger partial charge in [-0.1, -0.05) is 30.3 Å². The number of nitrogens with zero attached hydrogens (tertiary/aromatic N) is 5. The maximum Gasteiger partial charge on any atom is 0.262 e. The molecule has 0 aliphatic carbocycles. The van der Waals surface area contributed by atoms with Crippen LogP contribution in [0, 0.1) is 0 Å². The quantitative estimate of drug-likeness (QED) is 0.567. The zero-order valence-electron chi connectivity index (χ0n) is 11.9. The topological polar surface area (TPSA) is 65.1 Å². The van der Waals surface area contributed by atoms with Gasteiger partial charge in [0.2, 0.25) is 0 Å². The van der Waals surface area contributed by atoms with Crippen LogP contribution in [0.15, 0.2) is 59.9 Å². The van der Waals surface area contributed by atoms with Gasteiger partial charge in [0.25, 0.3) is 11.3 Å². The Morgan fingerprint density at radius 2 is 1.91 bits per heavy atom. The fourth-order valence-electron chi connectivity index (χ4n) is 2.68. The van der Waals surface area contributed by atoms with E-state index < -0.39 is 0 Å². The summed E-state index contributed by atoms with van der Waals surface area (Å²) in [6, 6.07) is 11.8. The molecule has 0 saturated carbocycles. The minimum Gasteiger partial charge on any atom is -0.308 e. The van der Waals surface area contributed by atoms with Crippen molar-refractivity contribution < 1.29 is 0 Å². The van der Waals surface area contributed by atoms with Crippen LogP contribution < -0.4 is 5.56 Å². The Hall–Kier alpha value is -3.02. The summed E-state index contributed by atoms with van der Waals surface area (Å²) in [5.74, 6) is 0.487. The molecule has 6 nitrogen and oxygen atoms in total. The van der Waals surface area contributed by atoms with Crippen LogP contribution in [0.25, 0.3) is 16.7 Å². The van der Waals surface area contributed by atoms with Crippen molar-refractivity contribution in [2.45, 2.75) is 13.0 Å². The van der Waals surface area contributed by atoms with Crippen LogP contribution in [0.5, 0.6) is 0 Å². The van der Waals surface area contributed by atoms with E-state index in [1.165, 1.54) is 6.33 Å². The lowest BCUT2D eigenvalue weighted by atomic mass is 10.1. The highest BCUT2D eigenvalue weighted by Gasteiger charge is 2.13. The van der Waals surface area contributed by atoms with Gasteiger partial charge in [0.05, 0.1) is 16.9 Å². The van der Waals surface area contributed by atoms with Gasteiger partial charge in [0.15, 0.2) is 0 Å². The van der Waals surface area contributed by atoms with Crippen molar-refractivity contribution >= 4 is 16.7 Å². The van der Waals surface area contributed by atoms with Gasteiger partial charge in [0, 0.05) is 12.4 Å². The number of pyridine rings is 1. The second-order valence-electron chi connectivity index (χ2n) is 5.14. The Bertz CT molecular complexity index is 1020. The molecule has 3 heterocycles. The Balaban J connectivity index is 1.95. The van der Waals surface area contributed by atoms with Gasteiger partial charge in [-0.05, 0) is 18.6 Å². The van der Waals surface area contributed by atoms with Crippen molar-refractivity contribution in [1.29, 1.82) is 0 Å². The molecule has 0 saturated heterocycles. The third-order valence-corrected chi connectivity index (χ3v) is 3.90. The summed E-state index contributed by atoms with van der Waals surface area (Å²) in [6.07, 6.45) is 4.79. The summed E-state index contributed by atoms with van der Waals surface area (Å²) in [6.45, 7) is 2.00. The molecule has 0 spiro atoms. The Kier molecular flexibility index (Phi) is 2.75. The van der Waals surface area contributed by atoms with E-state index in [0.717, 1.165) is 5.56 Å². The summed E-state index contributed by atoms with van der Waals surface area (Å²) in [5.41, 5.74) is 1.71. The fourth-order valence-corrected chi connectivity index (χ4v) is 2.68. The normalized spacial score (nSPS) is 12.8. The van der Waals surface area contributed by atoms with Gasteiger partial charge < -0.3 is 4.57 Å². The molecule has 0 amide bonds. The number of benzene rings is 1. The molecule has 0 unspecified atom stereocenters. The monoisotopic (exact) mass is 291 g/mol. The molecule has 22 heavy (non-hydrogen) atoms. The lowest BCUT2D eigenvalue weighted by molar-refractivity contribution is 0.619. The molecular weight excluding hydrogens is 278 g/mol. The minimum absolute atomic E-state index is 0.0513. The lowest BCUT2D eigenvalue weighted by Gasteiger charge is -2.16. The van der Waals surface area contributed by atoms with Crippen molar-refractivity contribution in [2.75, 3.05) is 0 Å². The van der Waals surface area contributed by atoms with E-state index in [1.807, 2.05) is 43.3 Å². The maximum absolute atomic E-state index is 12.8. The molecule has 0 fully saturated rings. The smallest absolute Gasteiger partial charge is 0.262 e. The highest BCUT2D eigenvalue weighted by atomic mass is 16.1. The molecule has 0 radical (unpaired) electrons. The third-order valence-electron chi connectivity index (χ3n) is 3.90. The zero-order valence-corrected chi connectivity index (χ0v) is 11.9. The number of hydrogen-bond donors (Lipinski definition) is 0. The van der Waals surface area contributed by atoms with Gasteiger partial charge in [-0.25, -0.2) is 4.98 Å². The Morgan fingerprint density at radius 3 is 2.73 bits per heavy atom.